The summed E-state index contributed by atoms with van der Waals surface area (Å²) >= 11 is 0. The molecule has 1 aliphatic rings. The minimum absolute atomic E-state index is 0.157. The minimum atomic E-state index is -0.157. The monoisotopic (exact) mass is 225 g/mol. The summed E-state index contributed by atoms with van der Waals surface area (Å²) in [5, 5.41) is 0. The summed E-state index contributed by atoms with van der Waals surface area (Å²) < 4.78 is 4.58. The van der Waals surface area contributed by atoms with Crippen molar-refractivity contribution in [3.8, 4) is 0 Å². The van der Waals surface area contributed by atoms with E-state index in [0.29, 0.717) is 6.42 Å². The first-order valence-electron chi connectivity index (χ1n) is 6.20. The van der Waals surface area contributed by atoms with E-state index in [1.54, 1.807) is 0 Å². The lowest BCUT2D eigenvalue weighted by Gasteiger charge is -2.31. The van der Waals surface area contributed by atoms with Crippen molar-refractivity contribution < 1.29 is 9.53 Å². The molecule has 1 heterocycles. The van der Waals surface area contributed by atoms with Gasteiger partial charge >= 0.3 is 5.97 Å². The molecule has 0 aromatic heterocycles. The molecular formula is C13H23NO2. The number of nitrogens with zero attached hydrogens (tertiary/aromatic N) is 1. The Balaban J connectivity index is 2.19. The Bertz CT molecular complexity index is 238. The van der Waals surface area contributed by atoms with E-state index in [4.69, 9.17) is 0 Å². The molecule has 1 fully saturated rings. The van der Waals surface area contributed by atoms with Crippen LogP contribution in [0.4, 0.5) is 0 Å². The van der Waals surface area contributed by atoms with Crippen LogP contribution in [0, 0.1) is 5.92 Å². The van der Waals surface area contributed by atoms with Crippen molar-refractivity contribution in [2.75, 3.05) is 26.7 Å². The van der Waals surface area contributed by atoms with Crippen LogP contribution in [0.5, 0.6) is 0 Å². The Morgan fingerprint density at radius 1 is 1.50 bits per heavy atom. The molecule has 0 saturated carbocycles. The average Bonchev–Trinajstić information content (AvgIpc) is 2.34. The fraction of sp³-hybridized carbons (Fsp3) is 0.769. The summed E-state index contributed by atoms with van der Waals surface area (Å²) in [5.41, 5.74) is 0. The van der Waals surface area contributed by atoms with E-state index >= 15 is 0 Å². The van der Waals surface area contributed by atoms with Gasteiger partial charge in [0, 0.05) is 6.54 Å². The second-order valence-corrected chi connectivity index (χ2v) is 4.39. The number of carbonyl (C=O) groups excluding carboxylic acids is 1. The third-order valence-corrected chi connectivity index (χ3v) is 3.20. The molecule has 0 radical (unpaired) electrons. The van der Waals surface area contributed by atoms with E-state index in [2.05, 4.69) is 22.6 Å². The summed E-state index contributed by atoms with van der Waals surface area (Å²) in [5.74, 6) is 0.609. The Labute approximate surface area is 98.5 Å². The third kappa shape index (κ3) is 4.79. The summed E-state index contributed by atoms with van der Waals surface area (Å²) in [6.07, 6.45) is 8.17. The number of ether oxygens (including phenoxy) is 1. The largest absolute Gasteiger partial charge is 0.469 e. The molecule has 3 nitrogen and oxygen atoms in total. The van der Waals surface area contributed by atoms with Crippen LogP contribution in [-0.2, 0) is 9.53 Å². The molecule has 1 saturated heterocycles. The summed E-state index contributed by atoms with van der Waals surface area (Å²) in [4.78, 5) is 13.4. The first kappa shape index (κ1) is 13.2. The van der Waals surface area contributed by atoms with Crippen molar-refractivity contribution in [2.24, 2.45) is 5.92 Å². The predicted molar refractivity (Wildman–Crippen MR) is 65.2 cm³/mol. The molecule has 92 valence electrons. The van der Waals surface area contributed by atoms with E-state index in [9.17, 15) is 4.79 Å². The second kappa shape index (κ2) is 7.44. The number of rotatable bonds is 5. The molecule has 1 atom stereocenters. The highest BCUT2D eigenvalue weighted by Gasteiger charge is 2.16. The molecule has 0 aliphatic carbocycles. The summed E-state index contributed by atoms with van der Waals surface area (Å²) in [6, 6.07) is 0. The van der Waals surface area contributed by atoms with E-state index in [1.807, 2.05) is 6.08 Å². The highest BCUT2D eigenvalue weighted by molar-refractivity contribution is 5.70. The molecule has 16 heavy (non-hydrogen) atoms. The number of hydrogen-bond donors (Lipinski definition) is 0. The standard InChI is InChI=1S/C13H23NO2/c1-3-14-10-6-8-12(11-14)7-4-5-9-13(15)16-2/h4-5,12H,3,6-11H2,1-2H3/b5-4-. The molecule has 0 bridgehead atoms. The van der Waals surface area contributed by atoms with Gasteiger partial charge in [-0.25, -0.2) is 0 Å². The van der Waals surface area contributed by atoms with Gasteiger partial charge in [0.05, 0.1) is 13.5 Å². The minimum Gasteiger partial charge on any atom is -0.469 e. The Morgan fingerprint density at radius 3 is 3.00 bits per heavy atom. The molecule has 1 rings (SSSR count). The first-order valence-corrected chi connectivity index (χ1v) is 6.20. The Kier molecular flexibility index (Phi) is 6.16. The van der Waals surface area contributed by atoms with Gasteiger partial charge in [0.1, 0.15) is 0 Å². The second-order valence-electron chi connectivity index (χ2n) is 4.39. The maximum Gasteiger partial charge on any atom is 0.309 e. The quantitative estimate of drug-likeness (QED) is 0.531. The molecule has 3 heteroatoms. The van der Waals surface area contributed by atoms with Crippen molar-refractivity contribution in [1.82, 2.24) is 4.90 Å². The number of allylic oxidation sites excluding steroid dienone is 1. The van der Waals surface area contributed by atoms with Crippen LogP contribution in [0.3, 0.4) is 0 Å². The number of hydrogen-bond acceptors (Lipinski definition) is 3. The fourth-order valence-corrected chi connectivity index (χ4v) is 2.18. The smallest absolute Gasteiger partial charge is 0.309 e. The molecule has 1 aliphatic heterocycles. The van der Waals surface area contributed by atoms with Gasteiger partial charge in [-0.15, -0.1) is 0 Å². The highest BCUT2D eigenvalue weighted by atomic mass is 16.5. The number of esters is 1. The van der Waals surface area contributed by atoms with Gasteiger partial charge in [0.15, 0.2) is 0 Å². The van der Waals surface area contributed by atoms with Gasteiger partial charge in [0.25, 0.3) is 0 Å². The zero-order valence-electron chi connectivity index (χ0n) is 10.4. The van der Waals surface area contributed by atoms with Gasteiger partial charge in [-0.05, 0) is 38.3 Å². The number of piperidine rings is 1. The van der Waals surface area contributed by atoms with Crippen molar-refractivity contribution in [2.45, 2.75) is 32.6 Å². The van der Waals surface area contributed by atoms with Crippen LogP contribution in [0.1, 0.15) is 32.6 Å². The van der Waals surface area contributed by atoms with E-state index in [-0.39, 0.29) is 5.97 Å². The maximum atomic E-state index is 10.9. The van der Waals surface area contributed by atoms with Crippen LogP contribution >= 0.6 is 0 Å². The number of likely N-dealkylation sites (tertiary alicyclic amines) is 1. The Morgan fingerprint density at radius 2 is 2.31 bits per heavy atom. The first-order chi connectivity index (χ1) is 7.76. The van der Waals surface area contributed by atoms with Crippen LogP contribution in [0.15, 0.2) is 12.2 Å². The van der Waals surface area contributed by atoms with Gasteiger partial charge in [-0.1, -0.05) is 19.1 Å². The lowest BCUT2D eigenvalue weighted by Crippen LogP contribution is -2.34. The van der Waals surface area contributed by atoms with E-state index < -0.39 is 0 Å². The van der Waals surface area contributed by atoms with Crippen molar-refractivity contribution >= 4 is 5.97 Å². The summed E-state index contributed by atoms with van der Waals surface area (Å²) in [6.45, 7) is 5.83. The molecule has 0 spiro atoms. The Hall–Kier alpha value is -0.830. The molecule has 1 unspecified atom stereocenters. The van der Waals surface area contributed by atoms with E-state index in [0.717, 1.165) is 18.9 Å². The van der Waals surface area contributed by atoms with Crippen LogP contribution < -0.4 is 0 Å². The van der Waals surface area contributed by atoms with Crippen molar-refractivity contribution in [3.63, 3.8) is 0 Å². The topological polar surface area (TPSA) is 29.5 Å². The molecule has 0 amide bonds. The SMILES string of the molecule is CCN1CCCC(C/C=C\CC(=O)OC)C1. The van der Waals surface area contributed by atoms with Gasteiger partial charge in [-0.2, -0.15) is 0 Å². The van der Waals surface area contributed by atoms with Gasteiger partial charge in [-0.3, -0.25) is 4.79 Å². The maximum absolute atomic E-state index is 10.9. The van der Waals surface area contributed by atoms with Crippen LogP contribution in [0.2, 0.25) is 0 Å². The van der Waals surface area contributed by atoms with Crippen LogP contribution in [0.25, 0.3) is 0 Å². The number of methoxy groups -OCH3 is 1. The van der Waals surface area contributed by atoms with Gasteiger partial charge < -0.3 is 9.64 Å². The third-order valence-electron chi connectivity index (χ3n) is 3.20. The number of carbonyl (C=O) groups is 1. The molecule has 0 aromatic carbocycles. The average molecular weight is 225 g/mol. The van der Waals surface area contributed by atoms with Crippen molar-refractivity contribution in [3.05, 3.63) is 12.2 Å². The van der Waals surface area contributed by atoms with Gasteiger partial charge in [0.2, 0.25) is 0 Å². The molecular weight excluding hydrogens is 202 g/mol. The predicted octanol–water partition coefficient (Wildman–Crippen LogP) is 2.23. The van der Waals surface area contributed by atoms with Crippen molar-refractivity contribution in [1.29, 1.82) is 0 Å². The summed E-state index contributed by atoms with van der Waals surface area (Å²) in [7, 11) is 1.43. The van der Waals surface area contributed by atoms with Crippen LogP contribution in [-0.4, -0.2) is 37.6 Å². The molecule has 0 N–H and O–H groups in total. The lowest BCUT2D eigenvalue weighted by atomic mass is 9.94. The zero-order chi connectivity index (χ0) is 11.8. The molecule has 0 aromatic rings. The normalized spacial score (nSPS) is 22.5. The van der Waals surface area contributed by atoms with E-state index in [1.165, 1.54) is 33.0 Å². The highest BCUT2D eigenvalue weighted by Crippen LogP contribution is 2.19. The lowest BCUT2D eigenvalue weighted by molar-refractivity contribution is -0.139. The fourth-order valence-electron chi connectivity index (χ4n) is 2.18. The zero-order valence-corrected chi connectivity index (χ0v) is 10.4.